The van der Waals surface area contributed by atoms with Crippen LogP contribution in [0.5, 0.6) is 0 Å². The molecule has 5 nitrogen and oxygen atoms in total. The molecule has 0 unspecified atom stereocenters. The Morgan fingerprint density at radius 2 is 1.95 bits per heavy atom. The molecular weight excluding hydrogens is 242 g/mol. The molecule has 3 aromatic heterocycles. The van der Waals surface area contributed by atoms with Crippen molar-refractivity contribution in [2.24, 2.45) is 0 Å². The Balaban J connectivity index is 2.13. The second-order valence-corrected chi connectivity index (χ2v) is 4.13. The van der Waals surface area contributed by atoms with Gasteiger partial charge in [0.1, 0.15) is 5.76 Å². The van der Waals surface area contributed by atoms with Crippen LogP contribution in [-0.4, -0.2) is 10.1 Å². The van der Waals surface area contributed by atoms with Crippen molar-refractivity contribution < 1.29 is 8.94 Å². The third-order valence-electron chi connectivity index (χ3n) is 2.93. The molecule has 5 heteroatoms. The van der Waals surface area contributed by atoms with Crippen LogP contribution in [0, 0.1) is 0 Å². The van der Waals surface area contributed by atoms with Gasteiger partial charge in [0.15, 0.2) is 11.5 Å². The molecule has 0 fully saturated rings. The number of hydrogen-bond acceptors (Lipinski definition) is 5. The summed E-state index contributed by atoms with van der Waals surface area (Å²) in [5.74, 6) is 1.83. The summed E-state index contributed by atoms with van der Waals surface area (Å²) in [6.45, 7) is 2.03. The number of rotatable bonds is 3. The minimum Gasteiger partial charge on any atom is -0.459 e. The maximum Gasteiger partial charge on any atom is 0.230 e. The van der Waals surface area contributed by atoms with Crippen LogP contribution in [-0.2, 0) is 6.42 Å². The number of aryl methyl sites for hydroxylation is 1. The predicted molar refractivity (Wildman–Crippen MR) is 71.2 cm³/mol. The summed E-state index contributed by atoms with van der Waals surface area (Å²) in [7, 11) is 0. The van der Waals surface area contributed by atoms with Crippen molar-refractivity contribution in [3.63, 3.8) is 0 Å². The van der Waals surface area contributed by atoms with Crippen LogP contribution in [0.15, 0.2) is 45.6 Å². The van der Waals surface area contributed by atoms with E-state index in [-0.39, 0.29) is 5.88 Å². The second-order valence-electron chi connectivity index (χ2n) is 4.13. The first kappa shape index (κ1) is 11.5. The Morgan fingerprint density at radius 1 is 1.16 bits per heavy atom. The van der Waals surface area contributed by atoms with Gasteiger partial charge in [0.2, 0.25) is 5.88 Å². The monoisotopic (exact) mass is 255 g/mol. The molecule has 0 spiro atoms. The highest BCUT2D eigenvalue weighted by Gasteiger charge is 2.19. The van der Waals surface area contributed by atoms with E-state index in [9.17, 15) is 0 Å². The summed E-state index contributed by atoms with van der Waals surface area (Å²) >= 11 is 0. The van der Waals surface area contributed by atoms with E-state index in [2.05, 4.69) is 10.1 Å². The van der Waals surface area contributed by atoms with Crippen LogP contribution in [0.4, 0.5) is 5.88 Å². The number of aromatic nitrogens is 2. The summed E-state index contributed by atoms with van der Waals surface area (Å²) < 4.78 is 10.8. The molecule has 3 heterocycles. The third kappa shape index (κ3) is 1.99. The van der Waals surface area contributed by atoms with Gasteiger partial charge in [-0.2, -0.15) is 0 Å². The lowest BCUT2D eigenvalue weighted by Gasteiger charge is -1.99. The van der Waals surface area contributed by atoms with E-state index < -0.39 is 0 Å². The zero-order valence-corrected chi connectivity index (χ0v) is 10.5. The van der Waals surface area contributed by atoms with Gasteiger partial charge < -0.3 is 14.7 Å². The lowest BCUT2D eigenvalue weighted by molar-refractivity contribution is 0.434. The molecule has 0 aliphatic carbocycles. The summed E-state index contributed by atoms with van der Waals surface area (Å²) in [6.07, 6.45) is 4.23. The van der Waals surface area contributed by atoms with Crippen molar-refractivity contribution in [2.75, 3.05) is 5.73 Å². The number of nitrogens with zero attached hydrogens (tertiary/aromatic N) is 2. The van der Waals surface area contributed by atoms with Crippen LogP contribution < -0.4 is 5.73 Å². The van der Waals surface area contributed by atoms with Gasteiger partial charge in [-0.05, 0) is 29.8 Å². The number of anilines is 1. The average Bonchev–Trinajstić information content (AvgIpc) is 3.05. The van der Waals surface area contributed by atoms with E-state index in [1.807, 2.05) is 31.2 Å². The zero-order valence-electron chi connectivity index (χ0n) is 10.5. The summed E-state index contributed by atoms with van der Waals surface area (Å²) in [4.78, 5) is 3.99. The number of hydrogen-bond donors (Lipinski definition) is 1. The number of pyridine rings is 1. The van der Waals surface area contributed by atoms with E-state index in [0.717, 1.165) is 23.3 Å². The highest BCUT2D eigenvalue weighted by molar-refractivity contribution is 5.85. The third-order valence-corrected chi connectivity index (χ3v) is 2.93. The molecule has 96 valence electrons. The highest BCUT2D eigenvalue weighted by atomic mass is 16.5. The van der Waals surface area contributed by atoms with Crippen LogP contribution >= 0.6 is 0 Å². The first-order chi connectivity index (χ1) is 9.29. The maximum atomic E-state index is 5.86. The smallest absolute Gasteiger partial charge is 0.230 e. The highest BCUT2D eigenvalue weighted by Crippen LogP contribution is 2.36. The Hall–Kier alpha value is -2.56. The molecule has 0 saturated carbocycles. The topological polar surface area (TPSA) is 78.1 Å². The van der Waals surface area contributed by atoms with Crippen molar-refractivity contribution in [2.45, 2.75) is 13.3 Å². The Kier molecular flexibility index (Phi) is 2.79. The molecule has 0 aliphatic rings. The van der Waals surface area contributed by atoms with Gasteiger partial charge in [-0.1, -0.05) is 12.1 Å². The first-order valence-electron chi connectivity index (χ1n) is 6.04. The van der Waals surface area contributed by atoms with Crippen molar-refractivity contribution >= 4 is 5.88 Å². The molecule has 2 N–H and O–H groups in total. The molecule has 0 aliphatic heterocycles. The van der Waals surface area contributed by atoms with Gasteiger partial charge in [-0.25, -0.2) is 0 Å². The molecule has 0 bridgehead atoms. The van der Waals surface area contributed by atoms with Gasteiger partial charge in [0.05, 0.1) is 5.56 Å². The van der Waals surface area contributed by atoms with Gasteiger partial charge in [-0.15, -0.1) is 0 Å². The number of nitrogens with two attached hydrogens (primary N) is 1. The van der Waals surface area contributed by atoms with Crippen LogP contribution in [0.25, 0.3) is 22.6 Å². The van der Waals surface area contributed by atoms with E-state index in [1.54, 1.807) is 12.4 Å². The van der Waals surface area contributed by atoms with Gasteiger partial charge in [0.25, 0.3) is 0 Å². The largest absolute Gasteiger partial charge is 0.459 e. The van der Waals surface area contributed by atoms with Crippen molar-refractivity contribution in [1.82, 2.24) is 10.1 Å². The van der Waals surface area contributed by atoms with E-state index >= 15 is 0 Å². The Morgan fingerprint density at radius 3 is 2.63 bits per heavy atom. The number of nitrogen functional groups attached to an aromatic ring is 1. The fraction of sp³-hybridized carbons (Fsp3) is 0.143. The fourth-order valence-electron chi connectivity index (χ4n) is 1.96. The Bertz CT molecular complexity index is 686. The standard InChI is InChI=1S/C14H13N3O2/c1-2-10-3-4-11(18-10)13-12(14(15)19-17-13)9-5-7-16-8-6-9/h3-8H,2,15H2,1H3. The minimum atomic E-state index is 0.274. The molecule has 3 rings (SSSR count). The molecule has 0 radical (unpaired) electrons. The lowest BCUT2D eigenvalue weighted by Crippen LogP contribution is -1.87. The molecule has 0 saturated heterocycles. The fourth-order valence-corrected chi connectivity index (χ4v) is 1.96. The molecular formula is C14H13N3O2. The second kappa shape index (κ2) is 4.61. The molecule has 0 atom stereocenters. The van der Waals surface area contributed by atoms with Crippen molar-refractivity contribution in [3.05, 3.63) is 42.4 Å². The molecule has 3 aromatic rings. The zero-order chi connectivity index (χ0) is 13.2. The van der Waals surface area contributed by atoms with E-state index in [0.29, 0.717) is 11.5 Å². The molecule has 0 amide bonds. The average molecular weight is 255 g/mol. The molecule has 19 heavy (non-hydrogen) atoms. The van der Waals surface area contributed by atoms with E-state index in [1.165, 1.54) is 0 Å². The SMILES string of the molecule is CCc1ccc(-c2noc(N)c2-c2ccncc2)o1. The summed E-state index contributed by atoms with van der Waals surface area (Å²) in [6, 6.07) is 7.52. The van der Waals surface area contributed by atoms with Crippen LogP contribution in [0.1, 0.15) is 12.7 Å². The van der Waals surface area contributed by atoms with Crippen LogP contribution in [0.2, 0.25) is 0 Å². The van der Waals surface area contributed by atoms with Gasteiger partial charge in [0, 0.05) is 18.8 Å². The quantitative estimate of drug-likeness (QED) is 0.777. The summed E-state index contributed by atoms with van der Waals surface area (Å²) in [5, 5.41) is 4.00. The number of furan rings is 1. The Labute approximate surface area is 110 Å². The van der Waals surface area contributed by atoms with E-state index in [4.69, 9.17) is 14.7 Å². The molecule has 0 aromatic carbocycles. The predicted octanol–water partition coefficient (Wildman–Crippen LogP) is 3.14. The van der Waals surface area contributed by atoms with Gasteiger partial charge in [-0.3, -0.25) is 4.98 Å². The normalized spacial score (nSPS) is 10.8. The minimum absolute atomic E-state index is 0.274. The lowest BCUT2D eigenvalue weighted by atomic mass is 10.1. The first-order valence-corrected chi connectivity index (χ1v) is 6.04. The van der Waals surface area contributed by atoms with Crippen LogP contribution in [0.3, 0.4) is 0 Å². The maximum absolute atomic E-state index is 5.86. The van der Waals surface area contributed by atoms with Crippen molar-refractivity contribution in [1.29, 1.82) is 0 Å². The van der Waals surface area contributed by atoms with Gasteiger partial charge >= 0.3 is 0 Å². The summed E-state index contributed by atoms with van der Waals surface area (Å²) in [5.41, 5.74) is 8.11. The van der Waals surface area contributed by atoms with Crippen molar-refractivity contribution in [3.8, 4) is 22.6 Å².